The lowest BCUT2D eigenvalue weighted by Gasteiger charge is -2.22. The van der Waals surface area contributed by atoms with Gasteiger partial charge in [-0.25, -0.2) is 4.68 Å². The predicted molar refractivity (Wildman–Crippen MR) is 132 cm³/mol. The largest absolute Gasteiger partial charge is 0.497 e. The number of nitrogens with zero attached hydrogens (tertiary/aromatic N) is 5. The molecule has 1 fully saturated rings. The minimum absolute atomic E-state index is 0.0833. The number of ether oxygens (including phenoxy) is 2. The number of tetrazole rings is 1. The van der Waals surface area contributed by atoms with E-state index in [1.807, 2.05) is 54.1 Å². The van der Waals surface area contributed by atoms with Gasteiger partial charge in [-0.2, -0.15) is 0 Å². The smallest absolute Gasteiger partial charge is 0.252 e. The molecular weight excluding hydrogens is 444 g/mol. The van der Waals surface area contributed by atoms with Crippen LogP contribution in [0.25, 0.3) is 10.9 Å². The Morgan fingerprint density at radius 1 is 1.14 bits per heavy atom. The van der Waals surface area contributed by atoms with Crippen LogP contribution in [-0.4, -0.2) is 49.9 Å². The Morgan fingerprint density at radius 2 is 2.00 bits per heavy atom. The SMILES string of the molecule is COc1ccc(CN(Cc2cc3cc(C)ccc3[nH]c2=O)Cc2nnnn2CC2CCCO2)cc1. The van der Waals surface area contributed by atoms with E-state index < -0.39 is 0 Å². The van der Waals surface area contributed by atoms with Gasteiger partial charge in [-0.1, -0.05) is 23.8 Å². The van der Waals surface area contributed by atoms with Crippen molar-refractivity contribution in [1.82, 2.24) is 30.1 Å². The highest BCUT2D eigenvalue weighted by Crippen LogP contribution is 2.19. The molecule has 2 aromatic heterocycles. The molecule has 1 N–H and O–H groups in total. The molecule has 5 rings (SSSR count). The summed E-state index contributed by atoms with van der Waals surface area (Å²) in [6.45, 7) is 5.05. The molecule has 0 bridgehead atoms. The molecule has 1 unspecified atom stereocenters. The molecule has 1 aliphatic heterocycles. The zero-order valence-electron chi connectivity index (χ0n) is 20.1. The standard InChI is InChI=1S/C26H30N6O3/c1-18-5-10-24-20(12-18)13-21(26(33)27-24)15-31(14-19-6-8-22(34-2)9-7-19)17-25-28-29-30-32(25)16-23-4-3-11-35-23/h5-10,12-13,23H,3-4,11,14-17H2,1-2H3,(H,27,33). The van der Waals surface area contributed by atoms with Gasteiger partial charge < -0.3 is 14.5 Å². The number of aryl methyl sites for hydroxylation is 1. The van der Waals surface area contributed by atoms with Crippen molar-refractivity contribution in [3.63, 3.8) is 0 Å². The molecule has 0 aliphatic carbocycles. The lowest BCUT2D eigenvalue weighted by atomic mass is 10.1. The van der Waals surface area contributed by atoms with Gasteiger partial charge in [0.15, 0.2) is 5.82 Å². The molecule has 0 radical (unpaired) electrons. The van der Waals surface area contributed by atoms with E-state index in [4.69, 9.17) is 9.47 Å². The third kappa shape index (κ3) is 5.58. The van der Waals surface area contributed by atoms with Crippen molar-refractivity contribution in [2.45, 2.75) is 52.0 Å². The quantitative estimate of drug-likeness (QED) is 0.398. The summed E-state index contributed by atoms with van der Waals surface area (Å²) in [4.78, 5) is 18.1. The average Bonchev–Trinajstić information content (AvgIpc) is 3.53. The number of rotatable bonds is 9. The van der Waals surface area contributed by atoms with Crippen molar-refractivity contribution in [3.05, 3.63) is 81.4 Å². The number of H-pyrrole nitrogens is 1. The van der Waals surface area contributed by atoms with Crippen molar-refractivity contribution in [3.8, 4) is 5.75 Å². The van der Waals surface area contributed by atoms with Crippen LogP contribution in [0.2, 0.25) is 0 Å². The summed E-state index contributed by atoms with van der Waals surface area (Å²) < 4.78 is 12.9. The fraction of sp³-hybridized carbons (Fsp3) is 0.385. The molecule has 9 nitrogen and oxygen atoms in total. The Bertz CT molecular complexity index is 1340. The van der Waals surface area contributed by atoms with Crippen molar-refractivity contribution in [2.24, 2.45) is 0 Å². The van der Waals surface area contributed by atoms with Crippen LogP contribution in [0.15, 0.2) is 53.3 Å². The molecular formula is C26H30N6O3. The maximum atomic E-state index is 12.9. The minimum atomic E-state index is -0.0833. The first-order valence-corrected chi connectivity index (χ1v) is 11.9. The number of fused-ring (bicyclic) bond motifs is 1. The van der Waals surface area contributed by atoms with E-state index in [1.165, 1.54) is 0 Å². The fourth-order valence-electron chi connectivity index (χ4n) is 4.55. The Labute approximate surface area is 203 Å². The fourth-order valence-corrected chi connectivity index (χ4v) is 4.55. The van der Waals surface area contributed by atoms with Crippen LogP contribution in [0.1, 0.15) is 35.4 Å². The maximum absolute atomic E-state index is 12.9. The van der Waals surface area contributed by atoms with E-state index in [2.05, 4.69) is 31.5 Å². The molecule has 3 heterocycles. The summed E-state index contributed by atoms with van der Waals surface area (Å²) in [5, 5.41) is 13.4. The van der Waals surface area contributed by atoms with Crippen molar-refractivity contribution in [2.75, 3.05) is 13.7 Å². The number of nitrogens with one attached hydrogen (secondary N) is 1. The maximum Gasteiger partial charge on any atom is 0.252 e. The molecule has 1 atom stereocenters. The predicted octanol–water partition coefficient (Wildman–Crippen LogP) is 3.21. The van der Waals surface area contributed by atoms with Gasteiger partial charge in [0.25, 0.3) is 5.56 Å². The molecule has 182 valence electrons. The van der Waals surface area contributed by atoms with Gasteiger partial charge in [-0.05, 0) is 71.5 Å². The number of benzene rings is 2. The highest BCUT2D eigenvalue weighted by Gasteiger charge is 2.21. The van der Waals surface area contributed by atoms with Crippen LogP contribution in [0.3, 0.4) is 0 Å². The number of pyridine rings is 1. The second kappa shape index (κ2) is 10.4. The molecule has 1 saturated heterocycles. The second-order valence-corrected chi connectivity index (χ2v) is 9.12. The highest BCUT2D eigenvalue weighted by molar-refractivity contribution is 5.79. The summed E-state index contributed by atoms with van der Waals surface area (Å²) in [7, 11) is 1.66. The van der Waals surface area contributed by atoms with Crippen LogP contribution in [0.5, 0.6) is 5.75 Å². The topological polar surface area (TPSA) is 98.2 Å². The molecule has 0 spiro atoms. The monoisotopic (exact) mass is 474 g/mol. The summed E-state index contributed by atoms with van der Waals surface area (Å²) >= 11 is 0. The first kappa shape index (κ1) is 23.2. The van der Waals surface area contributed by atoms with Crippen LogP contribution < -0.4 is 10.3 Å². The molecule has 4 aromatic rings. The van der Waals surface area contributed by atoms with Gasteiger partial charge in [0.2, 0.25) is 0 Å². The molecule has 1 aliphatic rings. The summed E-state index contributed by atoms with van der Waals surface area (Å²) in [5.74, 6) is 1.56. The van der Waals surface area contributed by atoms with E-state index in [-0.39, 0.29) is 11.7 Å². The van der Waals surface area contributed by atoms with Gasteiger partial charge >= 0.3 is 0 Å². The molecule has 35 heavy (non-hydrogen) atoms. The van der Waals surface area contributed by atoms with Crippen molar-refractivity contribution in [1.29, 1.82) is 0 Å². The van der Waals surface area contributed by atoms with Gasteiger partial charge in [0.1, 0.15) is 5.75 Å². The van der Waals surface area contributed by atoms with Gasteiger partial charge in [-0.15, -0.1) is 5.10 Å². The average molecular weight is 475 g/mol. The Kier molecular flexibility index (Phi) is 6.87. The zero-order valence-corrected chi connectivity index (χ0v) is 20.1. The van der Waals surface area contributed by atoms with Crippen LogP contribution in [0.4, 0.5) is 0 Å². The third-order valence-electron chi connectivity index (χ3n) is 6.41. The zero-order chi connectivity index (χ0) is 24.2. The van der Waals surface area contributed by atoms with E-state index >= 15 is 0 Å². The van der Waals surface area contributed by atoms with Gasteiger partial charge in [0.05, 0.1) is 26.3 Å². The lowest BCUT2D eigenvalue weighted by molar-refractivity contribution is 0.0914. The van der Waals surface area contributed by atoms with E-state index in [0.717, 1.165) is 53.1 Å². The van der Waals surface area contributed by atoms with E-state index in [0.29, 0.717) is 31.7 Å². The summed E-state index contributed by atoms with van der Waals surface area (Å²) in [6.07, 6.45) is 2.22. The highest BCUT2D eigenvalue weighted by atomic mass is 16.5. The van der Waals surface area contributed by atoms with Gasteiger partial charge in [-0.3, -0.25) is 9.69 Å². The van der Waals surface area contributed by atoms with Crippen molar-refractivity contribution < 1.29 is 9.47 Å². The number of methoxy groups -OCH3 is 1. The van der Waals surface area contributed by atoms with Gasteiger partial charge in [0, 0.05) is 30.8 Å². The molecule has 0 amide bonds. The number of aromatic nitrogens is 5. The van der Waals surface area contributed by atoms with E-state index in [9.17, 15) is 4.79 Å². The number of hydrogen-bond donors (Lipinski definition) is 1. The second-order valence-electron chi connectivity index (χ2n) is 9.12. The molecule has 9 heteroatoms. The Morgan fingerprint density at radius 3 is 2.77 bits per heavy atom. The Balaban J connectivity index is 1.42. The summed E-state index contributed by atoms with van der Waals surface area (Å²) in [5.41, 5.74) is 3.72. The Hall–Kier alpha value is -3.56. The first-order chi connectivity index (χ1) is 17.1. The minimum Gasteiger partial charge on any atom is -0.497 e. The van der Waals surface area contributed by atoms with Crippen LogP contribution in [-0.2, 0) is 30.9 Å². The lowest BCUT2D eigenvalue weighted by Crippen LogP contribution is -2.29. The molecule has 2 aromatic carbocycles. The molecule has 0 saturated carbocycles. The van der Waals surface area contributed by atoms with E-state index in [1.54, 1.807) is 7.11 Å². The number of hydrogen-bond acceptors (Lipinski definition) is 7. The third-order valence-corrected chi connectivity index (χ3v) is 6.41. The number of aromatic amines is 1. The van der Waals surface area contributed by atoms with Crippen LogP contribution in [0, 0.1) is 6.92 Å². The van der Waals surface area contributed by atoms with Crippen LogP contribution >= 0.6 is 0 Å². The van der Waals surface area contributed by atoms with Crippen molar-refractivity contribution >= 4 is 10.9 Å². The first-order valence-electron chi connectivity index (χ1n) is 11.9. The normalized spacial score (nSPS) is 15.8. The summed E-state index contributed by atoms with van der Waals surface area (Å²) in [6, 6.07) is 16.0.